The molecule has 1 saturated heterocycles. The lowest BCUT2D eigenvalue weighted by Crippen LogP contribution is -2.38. The van der Waals surface area contributed by atoms with Crippen LogP contribution in [0, 0.1) is 0 Å². The highest BCUT2D eigenvalue weighted by Crippen LogP contribution is 2.40. The molecule has 1 unspecified atom stereocenters. The molecule has 1 atom stereocenters. The highest BCUT2D eigenvalue weighted by atomic mass is 79.9. The number of hydrogen-bond acceptors (Lipinski definition) is 3. The molecule has 1 fully saturated rings. The molecule has 0 saturated carbocycles. The van der Waals surface area contributed by atoms with Crippen molar-refractivity contribution in [3.63, 3.8) is 0 Å². The van der Waals surface area contributed by atoms with Gasteiger partial charge in [-0.15, -0.1) is 0 Å². The van der Waals surface area contributed by atoms with E-state index in [1.807, 2.05) is 30.3 Å². The van der Waals surface area contributed by atoms with E-state index in [1.54, 1.807) is 0 Å². The fourth-order valence-corrected chi connectivity index (χ4v) is 4.38. The summed E-state index contributed by atoms with van der Waals surface area (Å²) in [5.74, 6) is 1.27. The molecule has 2 aliphatic heterocycles. The molecule has 0 bridgehead atoms. The Morgan fingerprint density at radius 1 is 1.20 bits per heavy atom. The van der Waals surface area contributed by atoms with Crippen molar-refractivity contribution in [1.29, 1.82) is 0 Å². The number of para-hydroxylation sites is 1. The molecule has 2 heterocycles. The number of likely N-dealkylation sites (tertiary alicyclic amines) is 1. The highest BCUT2D eigenvalue weighted by Gasteiger charge is 2.44. The van der Waals surface area contributed by atoms with Gasteiger partial charge in [-0.3, -0.25) is 9.69 Å². The molecule has 1 spiro atoms. The van der Waals surface area contributed by atoms with Gasteiger partial charge in [0.25, 0.3) is 0 Å². The van der Waals surface area contributed by atoms with Gasteiger partial charge in [0.1, 0.15) is 11.4 Å². The average Bonchev–Trinajstić information content (AvgIpc) is 3.17. The smallest absolute Gasteiger partial charge is 0.162 e. The van der Waals surface area contributed by atoms with Gasteiger partial charge < -0.3 is 4.74 Å². The molecule has 2 aliphatic rings. The van der Waals surface area contributed by atoms with E-state index >= 15 is 0 Å². The zero-order valence-electron chi connectivity index (χ0n) is 14.2. The van der Waals surface area contributed by atoms with Gasteiger partial charge >= 0.3 is 0 Å². The summed E-state index contributed by atoms with van der Waals surface area (Å²) in [6.07, 6.45) is 3.58. The van der Waals surface area contributed by atoms with E-state index in [9.17, 15) is 4.79 Å². The number of rotatable bonds is 5. The predicted molar refractivity (Wildman–Crippen MR) is 102 cm³/mol. The first kappa shape index (κ1) is 16.8. The molecule has 130 valence electrons. The first-order valence-electron chi connectivity index (χ1n) is 8.92. The second kappa shape index (κ2) is 6.93. The van der Waals surface area contributed by atoms with Crippen LogP contribution in [0.2, 0.25) is 0 Å². The Morgan fingerprint density at radius 2 is 2.08 bits per heavy atom. The molecular formula is C21H22BrNO2. The Balaban J connectivity index is 1.27. The number of hydrogen-bond donors (Lipinski definition) is 0. The van der Waals surface area contributed by atoms with E-state index in [4.69, 9.17) is 4.74 Å². The third-order valence-electron chi connectivity index (χ3n) is 5.23. The molecule has 4 rings (SSSR count). The quantitative estimate of drug-likeness (QED) is 0.693. The molecule has 0 aliphatic carbocycles. The number of ether oxygens (including phenoxy) is 1. The number of halogens is 1. The van der Waals surface area contributed by atoms with E-state index < -0.39 is 0 Å². The SMILES string of the molecule is O=C(CCCN1CCC2(Cc3ccccc3O2)C1)c1cccc(Br)c1. The molecule has 2 aromatic rings. The number of carbonyl (C=O) groups is 1. The maximum Gasteiger partial charge on any atom is 0.162 e. The van der Waals surface area contributed by atoms with Gasteiger partial charge in [0.15, 0.2) is 5.78 Å². The zero-order chi connectivity index (χ0) is 17.3. The van der Waals surface area contributed by atoms with Crippen LogP contribution in [-0.2, 0) is 6.42 Å². The van der Waals surface area contributed by atoms with Crippen LogP contribution < -0.4 is 4.74 Å². The van der Waals surface area contributed by atoms with Crippen molar-refractivity contribution in [3.8, 4) is 5.75 Å². The fraction of sp³-hybridized carbons (Fsp3) is 0.381. The fourth-order valence-electron chi connectivity index (χ4n) is 3.98. The molecule has 0 radical (unpaired) electrons. The Labute approximate surface area is 157 Å². The summed E-state index contributed by atoms with van der Waals surface area (Å²) in [4.78, 5) is 14.7. The first-order chi connectivity index (χ1) is 12.1. The van der Waals surface area contributed by atoms with Crippen molar-refractivity contribution in [2.75, 3.05) is 19.6 Å². The van der Waals surface area contributed by atoms with Gasteiger partial charge in [-0.25, -0.2) is 0 Å². The van der Waals surface area contributed by atoms with Crippen molar-refractivity contribution >= 4 is 21.7 Å². The van der Waals surface area contributed by atoms with Crippen molar-refractivity contribution in [3.05, 3.63) is 64.1 Å². The van der Waals surface area contributed by atoms with Crippen LogP contribution in [0.3, 0.4) is 0 Å². The number of carbonyl (C=O) groups excluding carboxylic acids is 1. The third-order valence-corrected chi connectivity index (χ3v) is 5.73. The minimum atomic E-state index is -0.0437. The van der Waals surface area contributed by atoms with Gasteiger partial charge in [0.05, 0.1) is 0 Å². The van der Waals surface area contributed by atoms with Gasteiger partial charge in [-0.05, 0) is 36.7 Å². The summed E-state index contributed by atoms with van der Waals surface area (Å²) in [6, 6.07) is 16.0. The second-order valence-electron chi connectivity index (χ2n) is 7.13. The maximum atomic E-state index is 12.3. The molecule has 0 aromatic heterocycles. The molecular weight excluding hydrogens is 378 g/mol. The van der Waals surface area contributed by atoms with Crippen LogP contribution in [0.15, 0.2) is 53.0 Å². The molecule has 3 nitrogen and oxygen atoms in total. The summed E-state index contributed by atoms with van der Waals surface area (Å²) in [5, 5.41) is 0. The van der Waals surface area contributed by atoms with E-state index in [-0.39, 0.29) is 11.4 Å². The van der Waals surface area contributed by atoms with Crippen LogP contribution >= 0.6 is 15.9 Å². The zero-order valence-corrected chi connectivity index (χ0v) is 15.8. The van der Waals surface area contributed by atoms with Crippen LogP contribution in [0.5, 0.6) is 5.75 Å². The minimum Gasteiger partial charge on any atom is -0.485 e. The van der Waals surface area contributed by atoms with Gasteiger partial charge in [0, 0.05) is 42.4 Å². The first-order valence-corrected chi connectivity index (χ1v) is 9.71. The number of nitrogens with zero attached hydrogens (tertiary/aromatic N) is 1. The molecule has 25 heavy (non-hydrogen) atoms. The lowest BCUT2D eigenvalue weighted by atomic mass is 9.96. The average molecular weight is 400 g/mol. The molecule has 4 heteroatoms. The molecule has 2 aromatic carbocycles. The van der Waals surface area contributed by atoms with Gasteiger partial charge in [-0.2, -0.15) is 0 Å². The number of ketones is 1. The summed E-state index contributed by atoms with van der Waals surface area (Å²) in [7, 11) is 0. The van der Waals surface area contributed by atoms with E-state index in [1.165, 1.54) is 5.56 Å². The van der Waals surface area contributed by atoms with E-state index in [0.29, 0.717) is 6.42 Å². The van der Waals surface area contributed by atoms with Crippen molar-refractivity contribution in [2.24, 2.45) is 0 Å². The summed E-state index contributed by atoms with van der Waals surface area (Å²) < 4.78 is 7.24. The summed E-state index contributed by atoms with van der Waals surface area (Å²) in [5.41, 5.74) is 2.08. The largest absolute Gasteiger partial charge is 0.485 e. The number of benzene rings is 2. The van der Waals surface area contributed by atoms with E-state index in [2.05, 4.69) is 39.0 Å². The topological polar surface area (TPSA) is 29.5 Å². The van der Waals surface area contributed by atoms with E-state index in [0.717, 1.165) is 54.7 Å². The normalized spacial score (nSPS) is 22.1. The Kier molecular flexibility index (Phi) is 4.65. The van der Waals surface area contributed by atoms with Crippen LogP contribution in [0.4, 0.5) is 0 Å². The minimum absolute atomic E-state index is 0.0437. The maximum absolute atomic E-state index is 12.3. The lowest BCUT2D eigenvalue weighted by molar-refractivity contribution is 0.0959. The monoisotopic (exact) mass is 399 g/mol. The molecule has 0 amide bonds. The Morgan fingerprint density at radius 3 is 2.92 bits per heavy atom. The van der Waals surface area contributed by atoms with Crippen LogP contribution in [0.1, 0.15) is 35.2 Å². The van der Waals surface area contributed by atoms with Gasteiger partial charge in [0.2, 0.25) is 0 Å². The standard InChI is InChI=1S/C21H22BrNO2/c22-18-7-3-6-16(13-18)19(24)8-4-11-23-12-10-21(15-23)14-17-5-1-2-9-20(17)25-21/h1-3,5-7,9,13H,4,8,10-12,14-15H2. The van der Waals surface area contributed by atoms with Crippen molar-refractivity contribution in [2.45, 2.75) is 31.3 Å². The third kappa shape index (κ3) is 3.65. The number of fused-ring (bicyclic) bond motifs is 1. The van der Waals surface area contributed by atoms with Gasteiger partial charge in [-0.1, -0.05) is 46.3 Å². The summed E-state index contributed by atoms with van der Waals surface area (Å²) in [6.45, 7) is 2.98. The van der Waals surface area contributed by atoms with Crippen LogP contribution in [-0.4, -0.2) is 35.9 Å². The Bertz CT molecular complexity index is 764. The number of Topliss-reactive ketones (excluding diaryl/α,β-unsaturated/α-hetero) is 1. The lowest BCUT2D eigenvalue weighted by Gasteiger charge is -2.24. The van der Waals surface area contributed by atoms with Crippen molar-refractivity contribution in [1.82, 2.24) is 4.90 Å². The Hall–Kier alpha value is -1.65. The molecule has 0 N–H and O–H groups in total. The predicted octanol–water partition coefficient (Wildman–Crippen LogP) is 4.49. The highest BCUT2D eigenvalue weighted by molar-refractivity contribution is 9.10. The van der Waals surface area contributed by atoms with Crippen LogP contribution in [0.25, 0.3) is 0 Å². The van der Waals surface area contributed by atoms with Crippen molar-refractivity contribution < 1.29 is 9.53 Å². The second-order valence-corrected chi connectivity index (χ2v) is 8.05. The summed E-state index contributed by atoms with van der Waals surface area (Å²) >= 11 is 3.42.